The molecule has 1 aliphatic rings. The molecule has 7 heteroatoms. The van der Waals surface area contributed by atoms with Gasteiger partial charge in [0.15, 0.2) is 0 Å². The van der Waals surface area contributed by atoms with Crippen LogP contribution >= 0.6 is 0 Å². The smallest absolute Gasteiger partial charge is 0.339 e. The Hall–Kier alpha value is -2.57. The van der Waals surface area contributed by atoms with Crippen LogP contribution in [0.3, 0.4) is 0 Å². The summed E-state index contributed by atoms with van der Waals surface area (Å²) in [4.78, 5) is 27.1. The summed E-state index contributed by atoms with van der Waals surface area (Å²) in [7, 11) is 0. The number of rotatable bonds is 3. The van der Waals surface area contributed by atoms with Crippen molar-refractivity contribution in [3.8, 4) is 5.75 Å². The molecule has 20 heavy (non-hydrogen) atoms. The molecule has 0 aliphatic carbocycles. The Morgan fingerprint density at radius 1 is 1.45 bits per heavy atom. The van der Waals surface area contributed by atoms with Crippen molar-refractivity contribution < 1.29 is 19.8 Å². The summed E-state index contributed by atoms with van der Waals surface area (Å²) >= 11 is 0. The lowest BCUT2D eigenvalue weighted by atomic mass is 10.1. The summed E-state index contributed by atoms with van der Waals surface area (Å²) in [6.07, 6.45) is 0.576. The fraction of sp³-hybridized carbons (Fsp3) is 0.308. The van der Waals surface area contributed by atoms with E-state index in [1.165, 1.54) is 18.2 Å². The van der Waals surface area contributed by atoms with E-state index < -0.39 is 12.0 Å². The lowest BCUT2D eigenvalue weighted by Crippen LogP contribution is -2.45. The van der Waals surface area contributed by atoms with Crippen LogP contribution in [0, 0.1) is 0 Å². The second kappa shape index (κ2) is 5.60. The predicted molar refractivity (Wildman–Crippen MR) is 73.2 cm³/mol. The number of benzene rings is 1. The molecule has 1 amide bonds. The SMILES string of the molecule is CC1=NCCC(C(=O)Nc2ccc(O)c(C(=O)O)c2)N1. The van der Waals surface area contributed by atoms with Crippen LogP contribution in [0.5, 0.6) is 5.75 Å². The maximum absolute atomic E-state index is 12.0. The minimum absolute atomic E-state index is 0.253. The molecule has 1 aromatic rings. The lowest BCUT2D eigenvalue weighted by Gasteiger charge is -2.22. The minimum Gasteiger partial charge on any atom is -0.507 e. The lowest BCUT2D eigenvalue weighted by molar-refractivity contribution is -0.118. The third kappa shape index (κ3) is 3.05. The van der Waals surface area contributed by atoms with Crippen molar-refractivity contribution in [1.29, 1.82) is 0 Å². The van der Waals surface area contributed by atoms with Crippen LogP contribution in [0.2, 0.25) is 0 Å². The highest BCUT2D eigenvalue weighted by molar-refractivity contribution is 5.99. The molecular weight excluding hydrogens is 262 g/mol. The Labute approximate surface area is 115 Å². The molecule has 0 radical (unpaired) electrons. The monoisotopic (exact) mass is 277 g/mol. The normalized spacial score (nSPS) is 17.9. The number of aliphatic imine (C=N–C) groups is 1. The largest absolute Gasteiger partial charge is 0.507 e. The first-order valence-electron chi connectivity index (χ1n) is 6.12. The summed E-state index contributed by atoms with van der Waals surface area (Å²) in [6, 6.07) is 3.51. The first-order chi connectivity index (χ1) is 9.47. The van der Waals surface area contributed by atoms with Gasteiger partial charge in [-0.25, -0.2) is 4.79 Å². The molecule has 1 aliphatic heterocycles. The van der Waals surface area contributed by atoms with Crippen molar-refractivity contribution in [2.75, 3.05) is 11.9 Å². The number of carboxylic acid groups (broad SMARTS) is 1. The molecule has 106 valence electrons. The molecule has 0 bridgehead atoms. The van der Waals surface area contributed by atoms with Crippen molar-refractivity contribution in [3.63, 3.8) is 0 Å². The van der Waals surface area contributed by atoms with Crippen molar-refractivity contribution in [2.45, 2.75) is 19.4 Å². The van der Waals surface area contributed by atoms with Gasteiger partial charge in [-0.15, -0.1) is 0 Å². The van der Waals surface area contributed by atoms with Crippen LogP contribution in [0.4, 0.5) is 5.69 Å². The number of nitrogens with zero attached hydrogens (tertiary/aromatic N) is 1. The summed E-state index contributed by atoms with van der Waals surface area (Å²) < 4.78 is 0. The standard InChI is InChI=1S/C13H15N3O4/c1-7-14-5-4-10(15-7)12(18)16-8-2-3-11(17)9(6-8)13(19)20/h2-3,6,10,17H,4-5H2,1H3,(H,14,15)(H,16,18)(H,19,20). The van der Waals surface area contributed by atoms with Crippen LogP contribution < -0.4 is 10.6 Å². The Morgan fingerprint density at radius 3 is 2.85 bits per heavy atom. The summed E-state index contributed by atoms with van der Waals surface area (Å²) in [5.41, 5.74) is 0.0734. The zero-order valence-electron chi connectivity index (χ0n) is 10.9. The summed E-state index contributed by atoms with van der Waals surface area (Å²) in [5, 5.41) is 23.9. The van der Waals surface area contributed by atoms with Gasteiger partial charge in [0.2, 0.25) is 5.91 Å². The molecule has 0 saturated heterocycles. The summed E-state index contributed by atoms with van der Waals surface area (Å²) in [6.45, 7) is 2.36. The maximum Gasteiger partial charge on any atom is 0.339 e. The molecule has 7 nitrogen and oxygen atoms in total. The minimum atomic E-state index is -1.25. The highest BCUT2D eigenvalue weighted by Crippen LogP contribution is 2.21. The zero-order valence-corrected chi connectivity index (χ0v) is 10.9. The number of hydrogen-bond acceptors (Lipinski definition) is 5. The number of amidine groups is 1. The van der Waals surface area contributed by atoms with E-state index in [1.54, 1.807) is 6.92 Å². The molecular formula is C13H15N3O4. The first-order valence-corrected chi connectivity index (χ1v) is 6.12. The van der Waals surface area contributed by atoms with Gasteiger partial charge in [-0.3, -0.25) is 9.79 Å². The number of phenols is 1. The van der Waals surface area contributed by atoms with Gasteiger partial charge in [-0.1, -0.05) is 0 Å². The highest BCUT2D eigenvalue weighted by atomic mass is 16.4. The predicted octanol–water partition coefficient (Wildman–Crippen LogP) is 0.809. The van der Waals surface area contributed by atoms with Crippen molar-refractivity contribution in [2.24, 2.45) is 4.99 Å². The number of nitrogens with one attached hydrogen (secondary N) is 2. The van der Waals surface area contributed by atoms with Gasteiger partial charge in [0, 0.05) is 12.2 Å². The van der Waals surface area contributed by atoms with Gasteiger partial charge >= 0.3 is 5.97 Å². The number of hydrogen-bond donors (Lipinski definition) is 4. The van der Waals surface area contributed by atoms with Crippen LogP contribution in [0.15, 0.2) is 23.2 Å². The fourth-order valence-corrected chi connectivity index (χ4v) is 1.94. The van der Waals surface area contributed by atoms with Gasteiger partial charge in [0.1, 0.15) is 17.4 Å². The van der Waals surface area contributed by atoms with Gasteiger partial charge in [-0.05, 0) is 31.5 Å². The van der Waals surface area contributed by atoms with Gasteiger partial charge in [-0.2, -0.15) is 0 Å². The molecule has 0 fully saturated rings. The molecule has 0 spiro atoms. The second-order valence-corrected chi connectivity index (χ2v) is 4.48. The van der Waals surface area contributed by atoms with Crippen LogP contribution in [-0.2, 0) is 4.79 Å². The quantitative estimate of drug-likeness (QED) is 0.611. The maximum atomic E-state index is 12.0. The first kappa shape index (κ1) is 13.9. The van der Waals surface area contributed by atoms with Crippen LogP contribution in [-0.4, -0.2) is 40.5 Å². The second-order valence-electron chi connectivity index (χ2n) is 4.48. The van der Waals surface area contributed by atoms with E-state index in [0.29, 0.717) is 24.5 Å². The Bertz CT molecular complexity index is 583. The van der Waals surface area contributed by atoms with E-state index in [4.69, 9.17) is 5.11 Å². The zero-order chi connectivity index (χ0) is 14.7. The molecule has 0 saturated carbocycles. The van der Waals surface area contributed by atoms with E-state index in [0.717, 1.165) is 0 Å². The van der Waals surface area contributed by atoms with Crippen LogP contribution in [0.25, 0.3) is 0 Å². The van der Waals surface area contributed by atoms with Crippen molar-refractivity contribution >= 4 is 23.4 Å². The molecule has 1 atom stereocenters. The molecule has 1 unspecified atom stereocenters. The Kier molecular flexibility index (Phi) is 3.88. The summed E-state index contributed by atoms with van der Waals surface area (Å²) in [5.74, 6) is -1.15. The van der Waals surface area contributed by atoms with Crippen LogP contribution in [0.1, 0.15) is 23.7 Å². The molecule has 1 aromatic carbocycles. The molecule has 0 aromatic heterocycles. The van der Waals surface area contributed by atoms with E-state index >= 15 is 0 Å². The molecule has 4 N–H and O–H groups in total. The Balaban J connectivity index is 2.10. The van der Waals surface area contributed by atoms with Crippen molar-refractivity contribution in [3.05, 3.63) is 23.8 Å². The average molecular weight is 277 g/mol. The number of aromatic hydroxyl groups is 1. The topological polar surface area (TPSA) is 111 Å². The number of aromatic carboxylic acids is 1. The van der Waals surface area contributed by atoms with E-state index in [1.807, 2.05) is 0 Å². The number of carbonyl (C=O) groups is 2. The number of carbonyl (C=O) groups excluding carboxylic acids is 1. The van der Waals surface area contributed by atoms with E-state index in [9.17, 15) is 14.7 Å². The number of anilines is 1. The van der Waals surface area contributed by atoms with Gasteiger partial charge in [0.25, 0.3) is 0 Å². The fourth-order valence-electron chi connectivity index (χ4n) is 1.94. The van der Waals surface area contributed by atoms with Gasteiger partial charge in [0.05, 0.1) is 5.84 Å². The van der Waals surface area contributed by atoms with E-state index in [-0.39, 0.29) is 17.2 Å². The number of carboxylic acids is 1. The molecule has 1 heterocycles. The Morgan fingerprint density at radius 2 is 2.20 bits per heavy atom. The molecule has 2 rings (SSSR count). The van der Waals surface area contributed by atoms with Gasteiger partial charge < -0.3 is 20.8 Å². The average Bonchev–Trinajstić information content (AvgIpc) is 2.40. The number of amides is 1. The highest BCUT2D eigenvalue weighted by Gasteiger charge is 2.21. The third-order valence-corrected chi connectivity index (χ3v) is 2.96. The van der Waals surface area contributed by atoms with Crippen molar-refractivity contribution in [1.82, 2.24) is 5.32 Å². The van der Waals surface area contributed by atoms with E-state index in [2.05, 4.69) is 15.6 Å². The third-order valence-electron chi connectivity index (χ3n) is 2.96.